The summed E-state index contributed by atoms with van der Waals surface area (Å²) >= 11 is 0. The molecule has 0 fully saturated rings. The summed E-state index contributed by atoms with van der Waals surface area (Å²) < 4.78 is 10.6. The third kappa shape index (κ3) is 8.14. The molecule has 6 nitrogen and oxygen atoms in total. The fourth-order valence-electron chi connectivity index (χ4n) is 2.35. The van der Waals surface area contributed by atoms with Gasteiger partial charge in [0.25, 0.3) is 0 Å². The Kier molecular flexibility index (Phi) is 6.76. The summed E-state index contributed by atoms with van der Waals surface area (Å²) in [5.74, 6) is 6.17. The standard InChI is InChI=1S/C23H28N2O4/c1-22(2,3)28-20(26)24-18-14-13-17(12-11-16-9-7-8-10-16)15-19(18)25-21(27)29-23(4,5)6/h7-9,13-15H,10H2,1-6H3,(H,24,26)(H,25,27). The molecule has 1 aliphatic rings. The number of benzene rings is 1. The first-order valence-electron chi connectivity index (χ1n) is 9.43. The Bertz CT molecular complexity index is 904. The lowest BCUT2D eigenvalue weighted by atomic mass is 10.1. The first-order valence-corrected chi connectivity index (χ1v) is 9.43. The van der Waals surface area contributed by atoms with Gasteiger partial charge in [0.15, 0.2) is 0 Å². The van der Waals surface area contributed by atoms with Crippen molar-refractivity contribution in [3.8, 4) is 11.8 Å². The molecule has 0 unspecified atom stereocenters. The van der Waals surface area contributed by atoms with Crippen molar-refractivity contribution in [2.75, 3.05) is 10.6 Å². The van der Waals surface area contributed by atoms with Crippen molar-refractivity contribution in [3.05, 3.63) is 47.6 Å². The van der Waals surface area contributed by atoms with E-state index in [0.29, 0.717) is 16.9 Å². The highest BCUT2D eigenvalue weighted by Crippen LogP contribution is 2.25. The van der Waals surface area contributed by atoms with Gasteiger partial charge in [0.05, 0.1) is 11.4 Å². The maximum Gasteiger partial charge on any atom is 0.412 e. The molecule has 1 aromatic carbocycles. The number of amides is 2. The number of ether oxygens (including phenoxy) is 2. The van der Waals surface area contributed by atoms with Gasteiger partial charge < -0.3 is 9.47 Å². The van der Waals surface area contributed by atoms with Crippen LogP contribution in [0, 0.1) is 11.8 Å². The molecule has 0 bridgehead atoms. The van der Waals surface area contributed by atoms with E-state index < -0.39 is 23.4 Å². The number of hydrogen-bond acceptors (Lipinski definition) is 4. The Morgan fingerprint density at radius 1 is 0.897 bits per heavy atom. The quantitative estimate of drug-likeness (QED) is 0.636. The zero-order valence-electron chi connectivity index (χ0n) is 17.8. The van der Waals surface area contributed by atoms with Gasteiger partial charge in [0, 0.05) is 11.1 Å². The van der Waals surface area contributed by atoms with Crippen LogP contribution >= 0.6 is 0 Å². The molecule has 0 saturated heterocycles. The normalized spacial score (nSPS) is 13.1. The van der Waals surface area contributed by atoms with Crippen molar-refractivity contribution in [2.24, 2.45) is 0 Å². The van der Waals surface area contributed by atoms with Crippen LogP contribution in [0.25, 0.3) is 0 Å². The minimum Gasteiger partial charge on any atom is -0.444 e. The van der Waals surface area contributed by atoms with Crippen LogP contribution in [-0.2, 0) is 9.47 Å². The number of allylic oxidation sites excluding steroid dienone is 4. The lowest BCUT2D eigenvalue weighted by molar-refractivity contribution is 0.0621. The van der Waals surface area contributed by atoms with Gasteiger partial charge in [-0.15, -0.1) is 0 Å². The Labute approximate surface area is 172 Å². The lowest BCUT2D eigenvalue weighted by Crippen LogP contribution is -2.29. The monoisotopic (exact) mass is 396 g/mol. The van der Waals surface area contributed by atoms with Crippen molar-refractivity contribution in [3.63, 3.8) is 0 Å². The van der Waals surface area contributed by atoms with E-state index in [9.17, 15) is 9.59 Å². The van der Waals surface area contributed by atoms with Crippen LogP contribution in [-0.4, -0.2) is 23.4 Å². The van der Waals surface area contributed by atoms with Crippen molar-refractivity contribution in [1.29, 1.82) is 0 Å². The molecule has 0 radical (unpaired) electrons. The zero-order chi connectivity index (χ0) is 21.7. The van der Waals surface area contributed by atoms with E-state index >= 15 is 0 Å². The molecule has 2 amide bonds. The average Bonchev–Trinajstić information content (AvgIpc) is 3.04. The second-order valence-electron chi connectivity index (χ2n) is 8.59. The number of anilines is 2. The summed E-state index contributed by atoms with van der Waals surface area (Å²) in [6, 6.07) is 5.12. The molecule has 0 aromatic heterocycles. The van der Waals surface area contributed by atoms with Crippen LogP contribution in [0.1, 0.15) is 53.5 Å². The van der Waals surface area contributed by atoms with Crippen molar-refractivity contribution in [2.45, 2.75) is 59.2 Å². The number of carbonyl (C=O) groups is 2. The molecule has 0 atom stereocenters. The van der Waals surface area contributed by atoms with Crippen LogP contribution in [0.3, 0.4) is 0 Å². The highest BCUT2D eigenvalue weighted by Gasteiger charge is 2.20. The van der Waals surface area contributed by atoms with Gasteiger partial charge in [0.2, 0.25) is 0 Å². The van der Waals surface area contributed by atoms with E-state index in [0.717, 1.165) is 12.0 Å². The van der Waals surface area contributed by atoms with Crippen molar-refractivity contribution < 1.29 is 19.1 Å². The molecule has 0 saturated carbocycles. The molecule has 2 rings (SSSR count). The second-order valence-corrected chi connectivity index (χ2v) is 8.59. The van der Waals surface area contributed by atoms with Gasteiger partial charge in [-0.25, -0.2) is 9.59 Å². The predicted octanol–water partition coefficient (Wildman–Crippen LogP) is 5.62. The summed E-state index contributed by atoms with van der Waals surface area (Å²) in [4.78, 5) is 24.4. The van der Waals surface area contributed by atoms with Crippen LogP contribution in [0.4, 0.5) is 21.0 Å². The molecule has 2 N–H and O–H groups in total. The van der Waals surface area contributed by atoms with Gasteiger partial charge >= 0.3 is 12.2 Å². The third-order valence-corrected chi connectivity index (χ3v) is 3.43. The molecule has 154 valence electrons. The minimum atomic E-state index is -0.651. The summed E-state index contributed by atoms with van der Waals surface area (Å²) in [5, 5.41) is 5.34. The fourth-order valence-corrected chi connectivity index (χ4v) is 2.35. The molecular weight excluding hydrogens is 368 g/mol. The third-order valence-electron chi connectivity index (χ3n) is 3.43. The smallest absolute Gasteiger partial charge is 0.412 e. The number of nitrogens with one attached hydrogen (secondary N) is 2. The molecule has 1 aliphatic carbocycles. The molecule has 1 aromatic rings. The second kappa shape index (κ2) is 8.87. The first-order chi connectivity index (χ1) is 13.4. The van der Waals surface area contributed by atoms with Gasteiger partial charge in [-0.05, 0) is 66.2 Å². The Hall–Kier alpha value is -3.20. The van der Waals surface area contributed by atoms with Crippen LogP contribution in [0.5, 0.6) is 0 Å². The summed E-state index contributed by atoms with van der Waals surface area (Å²) in [6.45, 7) is 10.7. The SMILES string of the molecule is CC(C)(C)OC(=O)Nc1ccc(C#CC2=CC=CC2)cc1NC(=O)OC(C)(C)C. The van der Waals surface area contributed by atoms with Crippen LogP contribution < -0.4 is 10.6 Å². The highest BCUT2D eigenvalue weighted by molar-refractivity contribution is 5.95. The van der Waals surface area contributed by atoms with Gasteiger partial charge in [-0.2, -0.15) is 0 Å². The van der Waals surface area contributed by atoms with Crippen LogP contribution in [0.15, 0.2) is 42.0 Å². The topological polar surface area (TPSA) is 76.7 Å². The van der Waals surface area contributed by atoms with E-state index in [1.54, 1.807) is 59.7 Å². The number of rotatable bonds is 2. The first kappa shape index (κ1) is 22.1. The van der Waals surface area contributed by atoms with E-state index in [-0.39, 0.29) is 0 Å². The molecule has 0 heterocycles. The van der Waals surface area contributed by atoms with Crippen LogP contribution in [0.2, 0.25) is 0 Å². The number of carbonyl (C=O) groups excluding carboxylic acids is 2. The van der Waals surface area contributed by atoms with Crippen molar-refractivity contribution in [1.82, 2.24) is 0 Å². The Balaban J connectivity index is 2.25. The fraction of sp³-hybridized carbons (Fsp3) is 0.391. The average molecular weight is 396 g/mol. The predicted molar refractivity (Wildman–Crippen MR) is 115 cm³/mol. The van der Waals surface area contributed by atoms with Gasteiger partial charge in [-0.1, -0.05) is 30.1 Å². The highest BCUT2D eigenvalue weighted by atomic mass is 16.6. The molecule has 29 heavy (non-hydrogen) atoms. The Morgan fingerprint density at radius 2 is 1.48 bits per heavy atom. The molecule has 0 spiro atoms. The van der Waals surface area contributed by atoms with Gasteiger partial charge in [-0.3, -0.25) is 10.6 Å². The lowest BCUT2D eigenvalue weighted by Gasteiger charge is -2.22. The summed E-state index contributed by atoms with van der Waals surface area (Å²) in [5.41, 5.74) is 1.17. The summed E-state index contributed by atoms with van der Waals surface area (Å²) in [6.07, 6.45) is 5.53. The molecule has 6 heteroatoms. The van der Waals surface area contributed by atoms with Gasteiger partial charge in [0.1, 0.15) is 11.2 Å². The largest absolute Gasteiger partial charge is 0.444 e. The van der Waals surface area contributed by atoms with E-state index in [1.807, 2.05) is 18.2 Å². The molecular formula is C23H28N2O4. The maximum atomic E-state index is 12.2. The zero-order valence-corrected chi connectivity index (χ0v) is 17.8. The van der Waals surface area contributed by atoms with Crippen molar-refractivity contribution >= 4 is 23.6 Å². The van der Waals surface area contributed by atoms with E-state index in [4.69, 9.17) is 9.47 Å². The maximum absolute atomic E-state index is 12.2. The summed E-state index contributed by atoms with van der Waals surface area (Å²) in [7, 11) is 0. The number of hydrogen-bond donors (Lipinski definition) is 2. The van der Waals surface area contributed by atoms with E-state index in [2.05, 4.69) is 22.5 Å². The molecule has 0 aliphatic heterocycles. The van der Waals surface area contributed by atoms with E-state index in [1.165, 1.54) is 0 Å². The minimum absolute atomic E-state index is 0.371. The Morgan fingerprint density at radius 3 is 2.00 bits per heavy atom.